The topological polar surface area (TPSA) is 52.6 Å². The van der Waals surface area contributed by atoms with Gasteiger partial charge in [0.1, 0.15) is 0 Å². The predicted molar refractivity (Wildman–Crippen MR) is 64.8 cm³/mol. The highest BCUT2D eigenvalue weighted by Crippen LogP contribution is 2.35. The highest BCUT2D eigenvalue weighted by Gasteiger charge is 2.40. The summed E-state index contributed by atoms with van der Waals surface area (Å²) in [5.41, 5.74) is -1.59. The Bertz CT molecular complexity index is 294. The first-order chi connectivity index (χ1) is 7.67. The molecule has 4 nitrogen and oxygen atoms in total. The summed E-state index contributed by atoms with van der Waals surface area (Å²) < 4.78 is 9.49. The van der Waals surface area contributed by atoms with Gasteiger partial charge in [-0.25, -0.2) is 0 Å². The number of hydrogen-bond acceptors (Lipinski definition) is 4. The Morgan fingerprint density at radius 2 is 1.24 bits per heavy atom. The van der Waals surface area contributed by atoms with E-state index in [4.69, 9.17) is 9.47 Å². The van der Waals surface area contributed by atoms with Crippen LogP contribution in [0.15, 0.2) is 25.7 Å². The molecule has 0 saturated carbocycles. The summed E-state index contributed by atoms with van der Waals surface area (Å²) in [6, 6.07) is 0. The van der Waals surface area contributed by atoms with Crippen molar-refractivity contribution >= 4 is 11.9 Å². The van der Waals surface area contributed by atoms with Gasteiger partial charge in [0, 0.05) is 0 Å². The van der Waals surface area contributed by atoms with Crippen LogP contribution in [-0.4, -0.2) is 11.9 Å². The average molecular weight is 240 g/mol. The van der Waals surface area contributed by atoms with E-state index in [0.29, 0.717) is 6.42 Å². The van der Waals surface area contributed by atoms with Crippen LogP contribution in [0.25, 0.3) is 0 Å². The summed E-state index contributed by atoms with van der Waals surface area (Å²) in [6.07, 6.45) is 2.47. The lowest BCUT2D eigenvalue weighted by Gasteiger charge is -2.30. The van der Waals surface area contributed by atoms with Gasteiger partial charge in [-0.3, -0.25) is 9.59 Å². The van der Waals surface area contributed by atoms with E-state index in [2.05, 4.69) is 13.2 Å². The van der Waals surface area contributed by atoms with Gasteiger partial charge in [-0.1, -0.05) is 13.2 Å². The van der Waals surface area contributed by atoms with E-state index < -0.39 is 22.8 Å². The lowest BCUT2D eigenvalue weighted by molar-refractivity contribution is -0.155. The van der Waals surface area contributed by atoms with E-state index >= 15 is 0 Å². The summed E-state index contributed by atoms with van der Waals surface area (Å²) in [4.78, 5) is 23.3. The van der Waals surface area contributed by atoms with E-state index in [1.54, 1.807) is 27.7 Å². The van der Waals surface area contributed by atoms with Gasteiger partial charge in [-0.15, -0.1) is 0 Å². The molecule has 0 aliphatic heterocycles. The molecule has 4 heteroatoms. The van der Waals surface area contributed by atoms with Crippen molar-refractivity contribution in [2.75, 3.05) is 0 Å². The Labute approximate surface area is 102 Å². The first-order valence-corrected chi connectivity index (χ1v) is 5.31. The van der Waals surface area contributed by atoms with E-state index in [-0.39, 0.29) is 0 Å². The van der Waals surface area contributed by atoms with Gasteiger partial charge < -0.3 is 9.47 Å². The molecule has 0 heterocycles. The molecular weight excluding hydrogens is 220 g/mol. The zero-order valence-corrected chi connectivity index (χ0v) is 10.9. The molecule has 0 aromatic rings. The van der Waals surface area contributed by atoms with Crippen LogP contribution in [0.5, 0.6) is 0 Å². The van der Waals surface area contributed by atoms with Crippen LogP contribution in [0.1, 0.15) is 34.1 Å². The Morgan fingerprint density at radius 1 is 0.941 bits per heavy atom. The fourth-order valence-corrected chi connectivity index (χ4v) is 1.72. The quantitative estimate of drug-likeness (QED) is 0.529. The second-order valence-corrected chi connectivity index (χ2v) is 5.09. The van der Waals surface area contributed by atoms with Crippen LogP contribution in [-0.2, 0) is 19.1 Å². The maximum atomic E-state index is 11.7. The van der Waals surface area contributed by atoms with Crippen LogP contribution in [0.4, 0.5) is 0 Å². The Morgan fingerprint density at radius 3 is 1.47 bits per heavy atom. The summed E-state index contributed by atoms with van der Waals surface area (Å²) in [5.74, 6) is -0.848. The first-order valence-electron chi connectivity index (χ1n) is 5.31. The molecule has 0 bridgehead atoms. The van der Waals surface area contributed by atoms with Crippen LogP contribution < -0.4 is 0 Å². The zero-order chi connectivity index (χ0) is 13.7. The number of hydrogen-bond donors (Lipinski definition) is 0. The minimum absolute atomic E-state index is 0.305. The van der Waals surface area contributed by atoms with Crippen molar-refractivity contribution in [3.8, 4) is 0 Å². The van der Waals surface area contributed by atoms with Crippen LogP contribution in [0.3, 0.4) is 0 Å². The number of rotatable bonds is 6. The molecular formula is C13H20O4. The maximum Gasteiger partial charge on any atom is 0.316 e. The van der Waals surface area contributed by atoms with Crippen molar-refractivity contribution in [3.05, 3.63) is 25.7 Å². The molecule has 0 saturated heterocycles. The molecule has 0 aromatic heterocycles. The second kappa shape index (κ2) is 5.66. The largest absolute Gasteiger partial charge is 0.435 e. The van der Waals surface area contributed by atoms with Crippen molar-refractivity contribution in [1.82, 2.24) is 0 Å². The van der Waals surface area contributed by atoms with E-state index in [0.717, 1.165) is 12.5 Å². The number of carbonyl (C=O) groups is 2. The highest BCUT2D eigenvalue weighted by molar-refractivity contribution is 5.80. The third-order valence-electron chi connectivity index (χ3n) is 2.37. The smallest absolute Gasteiger partial charge is 0.316 e. The van der Waals surface area contributed by atoms with Gasteiger partial charge in [-0.05, 0) is 34.1 Å². The monoisotopic (exact) mass is 240 g/mol. The summed E-state index contributed by atoms with van der Waals surface area (Å²) in [7, 11) is 0. The molecule has 96 valence electrons. The van der Waals surface area contributed by atoms with Gasteiger partial charge in [0.05, 0.1) is 23.4 Å². The number of esters is 2. The van der Waals surface area contributed by atoms with Crippen LogP contribution in [0.2, 0.25) is 0 Å². The average Bonchev–Trinajstić information content (AvgIpc) is 2.16. The number of carbonyl (C=O) groups excluding carboxylic acids is 2. The lowest BCUT2D eigenvalue weighted by atomic mass is 9.75. The fraction of sp³-hybridized carbons (Fsp3) is 0.538. The van der Waals surface area contributed by atoms with Crippen molar-refractivity contribution < 1.29 is 19.1 Å². The minimum atomic E-state index is -0.794. The van der Waals surface area contributed by atoms with E-state index in [9.17, 15) is 9.59 Å². The Balaban J connectivity index is 4.79. The molecule has 0 aliphatic carbocycles. The van der Waals surface area contributed by atoms with Crippen LogP contribution >= 0.6 is 0 Å². The standard InChI is InChI=1S/C13H20O4/c1-7-16-10(14)12(3,4)9-13(5,6)11(15)17-8-2/h7-8H,1-2,9H2,3-6H3. The minimum Gasteiger partial charge on any atom is -0.435 e. The third-order valence-corrected chi connectivity index (χ3v) is 2.37. The Kier molecular flexibility index (Phi) is 5.13. The van der Waals surface area contributed by atoms with Crippen molar-refractivity contribution in [2.45, 2.75) is 34.1 Å². The second-order valence-electron chi connectivity index (χ2n) is 5.09. The predicted octanol–water partition coefficient (Wildman–Crippen LogP) is 2.80. The SMILES string of the molecule is C=COC(=O)C(C)(C)CC(C)(C)C(=O)OC=C. The van der Waals surface area contributed by atoms with Crippen molar-refractivity contribution in [2.24, 2.45) is 10.8 Å². The maximum absolute atomic E-state index is 11.7. The summed E-state index contributed by atoms with van der Waals surface area (Å²) in [5, 5.41) is 0. The fourth-order valence-electron chi connectivity index (χ4n) is 1.72. The van der Waals surface area contributed by atoms with Gasteiger partial charge in [0.2, 0.25) is 0 Å². The molecule has 0 rings (SSSR count). The highest BCUT2D eigenvalue weighted by atomic mass is 16.5. The molecule has 0 radical (unpaired) electrons. The number of ether oxygens (including phenoxy) is 2. The molecule has 0 aromatic carbocycles. The van der Waals surface area contributed by atoms with Gasteiger partial charge in [0.15, 0.2) is 0 Å². The van der Waals surface area contributed by atoms with Gasteiger partial charge in [-0.2, -0.15) is 0 Å². The van der Waals surface area contributed by atoms with Crippen LogP contribution in [0, 0.1) is 10.8 Å². The molecule has 0 fully saturated rings. The third kappa shape index (κ3) is 4.43. The zero-order valence-electron chi connectivity index (χ0n) is 10.9. The van der Waals surface area contributed by atoms with Gasteiger partial charge >= 0.3 is 11.9 Å². The Hall–Kier alpha value is -1.58. The van der Waals surface area contributed by atoms with E-state index in [1.807, 2.05) is 0 Å². The molecule has 0 N–H and O–H groups in total. The molecule has 0 aliphatic rings. The van der Waals surface area contributed by atoms with Crippen molar-refractivity contribution in [1.29, 1.82) is 0 Å². The normalized spacial score (nSPS) is 11.5. The summed E-state index contributed by atoms with van der Waals surface area (Å²) in [6.45, 7) is 13.5. The van der Waals surface area contributed by atoms with Gasteiger partial charge in [0.25, 0.3) is 0 Å². The van der Waals surface area contributed by atoms with Crippen molar-refractivity contribution in [3.63, 3.8) is 0 Å². The first kappa shape index (κ1) is 15.4. The molecule has 0 amide bonds. The summed E-state index contributed by atoms with van der Waals surface area (Å²) >= 11 is 0. The van der Waals surface area contributed by atoms with E-state index in [1.165, 1.54) is 0 Å². The molecule has 17 heavy (non-hydrogen) atoms. The molecule has 0 atom stereocenters. The lowest BCUT2D eigenvalue weighted by Crippen LogP contribution is -2.36. The molecule has 0 unspecified atom stereocenters. The molecule has 0 spiro atoms.